The Morgan fingerprint density at radius 3 is 2.96 bits per heavy atom. The summed E-state index contributed by atoms with van der Waals surface area (Å²) in [6.45, 7) is 4.12. The molecule has 1 aliphatic heterocycles. The topological polar surface area (TPSA) is 91.5 Å². The number of hydrogen-bond acceptors (Lipinski definition) is 5. The normalized spacial score (nSPS) is 18.1. The van der Waals surface area contributed by atoms with E-state index in [0.717, 1.165) is 12.0 Å². The number of carbonyl (C=O) groups is 1. The zero-order valence-electron chi connectivity index (χ0n) is 13.9. The van der Waals surface area contributed by atoms with Crippen LogP contribution in [0.5, 0.6) is 0 Å². The van der Waals surface area contributed by atoms with Crippen LogP contribution in [0.4, 0.5) is 4.79 Å². The first-order valence-electron chi connectivity index (χ1n) is 8.20. The number of urea groups is 1. The minimum Gasteiger partial charge on any atom is -0.394 e. The van der Waals surface area contributed by atoms with Crippen molar-refractivity contribution in [2.75, 3.05) is 13.2 Å². The molecule has 0 bridgehead atoms. The Kier molecular flexibility index (Phi) is 4.80. The second-order valence-electron chi connectivity index (χ2n) is 5.92. The van der Waals surface area contributed by atoms with Gasteiger partial charge >= 0.3 is 6.03 Å². The van der Waals surface area contributed by atoms with E-state index >= 15 is 0 Å². The Balaban J connectivity index is 1.77. The fourth-order valence-corrected chi connectivity index (χ4v) is 3.13. The van der Waals surface area contributed by atoms with E-state index < -0.39 is 0 Å². The van der Waals surface area contributed by atoms with Gasteiger partial charge < -0.3 is 19.8 Å². The van der Waals surface area contributed by atoms with Gasteiger partial charge in [-0.1, -0.05) is 36.3 Å². The number of aliphatic hydroxyl groups excluding tert-OH is 1. The molecular formula is C17H22N4O3. The zero-order chi connectivity index (χ0) is 17.1. The second-order valence-corrected chi connectivity index (χ2v) is 5.92. The van der Waals surface area contributed by atoms with Gasteiger partial charge in [-0.2, -0.15) is 4.98 Å². The van der Waals surface area contributed by atoms with Crippen molar-refractivity contribution in [1.82, 2.24) is 20.4 Å². The van der Waals surface area contributed by atoms with Gasteiger partial charge in [0, 0.05) is 13.5 Å². The van der Waals surface area contributed by atoms with Crippen molar-refractivity contribution in [1.29, 1.82) is 0 Å². The molecule has 2 aromatic rings. The molecule has 0 aliphatic carbocycles. The lowest BCUT2D eigenvalue weighted by molar-refractivity contribution is 0.124. The Labute approximate surface area is 140 Å². The molecule has 0 saturated heterocycles. The molecular weight excluding hydrogens is 308 g/mol. The highest BCUT2D eigenvalue weighted by Gasteiger charge is 2.31. The monoisotopic (exact) mass is 330 g/mol. The van der Waals surface area contributed by atoms with Gasteiger partial charge in [0.05, 0.1) is 18.7 Å². The highest BCUT2D eigenvalue weighted by molar-refractivity contribution is 5.75. The van der Waals surface area contributed by atoms with Gasteiger partial charge in [0.1, 0.15) is 0 Å². The van der Waals surface area contributed by atoms with Crippen LogP contribution in [0, 0.1) is 6.92 Å². The second kappa shape index (κ2) is 7.00. The minimum absolute atomic E-state index is 0.109. The maximum Gasteiger partial charge on any atom is 0.318 e. The SMILES string of the molecule is CC[C@H](NC(=O)N1CCc2ccccc2[C@H]1CO)c1noc(C)n1. The van der Waals surface area contributed by atoms with Crippen LogP contribution in [0.3, 0.4) is 0 Å². The van der Waals surface area contributed by atoms with Crippen LogP contribution in [0.2, 0.25) is 0 Å². The largest absolute Gasteiger partial charge is 0.394 e. The summed E-state index contributed by atoms with van der Waals surface area (Å²) >= 11 is 0. The molecule has 2 amide bonds. The molecule has 1 aromatic carbocycles. The van der Waals surface area contributed by atoms with Crippen molar-refractivity contribution >= 4 is 6.03 Å². The number of carbonyl (C=O) groups excluding carboxylic acids is 1. The smallest absolute Gasteiger partial charge is 0.318 e. The Bertz CT molecular complexity index is 715. The van der Waals surface area contributed by atoms with Crippen LogP contribution < -0.4 is 5.32 Å². The molecule has 0 fully saturated rings. The molecule has 24 heavy (non-hydrogen) atoms. The first-order chi connectivity index (χ1) is 11.6. The van der Waals surface area contributed by atoms with Gasteiger partial charge in [-0.25, -0.2) is 4.79 Å². The number of hydrogen-bond donors (Lipinski definition) is 2. The van der Waals surface area contributed by atoms with E-state index in [1.54, 1.807) is 11.8 Å². The fraction of sp³-hybridized carbons (Fsp3) is 0.471. The fourth-order valence-electron chi connectivity index (χ4n) is 3.13. The van der Waals surface area contributed by atoms with Crippen LogP contribution in [0.1, 0.15) is 48.3 Å². The van der Waals surface area contributed by atoms with Crippen LogP contribution in [-0.4, -0.2) is 39.3 Å². The highest BCUT2D eigenvalue weighted by Crippen LogP contribution is 2.29. The van der Waals surface area contributed by atoms with E-state index in [0.29, 0.717) is 24.7 Å². The van der Waals surface area contributed by atoms with Crippen molar-refractivity contribution in [3.8, 4) is 0 Å². The predicted octanol–water partition coefficient (Wildman–Crippen LogP) is 2.13. The molecule has 2 atom stereocenters. The lowest BCUT2D eigenvalue weighted by Gasteiger charge is -2.37. The number of aliphatic hydroxyl groups is 1. The van der Waals surface area contributed by atoms with E-state index in [9.17, 15) is 9.90 Å². The maximum absolute atomic E-state index is 12.7. The van der Waals surface area contributed by atoms with Crippen molar-refractivity contribution < 1.29 is 14.4 Å². The molecule has 7 heteroatoms. The summed E-state index contributed by atoms with van der Waals surface area (Å²) in [7, 11) is 0. The summed E-state index contributed by atoms with van der Waals surface area (Å²) in [5.74, 6) is 0.944. The lowest BCUT2D eigenvalue weighted by Crippen LogP contribution is -2.47. The summed E-state index contributed by atoms with van der Waals surface area (Å²) in [5.41, 5.74) is 2.19. The molecule has 1 aromatic heterocycles. The molecule has 2 heterocycles. The highest BCUT2D eigenvalue weighted by atomic mass is 16.5. The first-order valence-corrected chi connectivity index (χ1v) is 8.20. The molecule has 1 aliphatic rings. The van der Waals surface area contributed by atoms with Crippen LogP contribution in [0.15, 0.2) is 28.8 Å². The van der Waals surface area contributed by atoms with Gasteiger partial charge in [0.15, 0.2) is 5.82 Å². The molecule has 2 N–H and O–H groups in total. The van der Waals surface area contributed by atoms with Crippen molar-refractivity contribution in [3.05, 3.63) is 47.1 Å². The predicted molar refractivity (Wildman–Crippen MR) is 87.3 cm³/mol. The van der Waals surface area contributed by atoms with E-state index in [-0.39, 0.29) is 24.7 Å². The molecule has 0 unspecified atom stereocenters. The van der Waals surface area contributed by atoms with E-state index in [4.69, 9.17) is 4.52 Å². The molecule has 0 saturated carbocycles. The summed E-state index contributed by atoms with van der Waals surface area (Å²) in [6.07, 6.45) is 1.43. The molecule has 0 radical (unpaired) electrons. The number of benzene rings is 1. The van der Waals surface area contributed by atoms with Gasteiger partial charge in [-0.15, -0.1) is 0 Å². The van der Waals surface area contributed by atoms with E-state index in [2.05, 4.69) is 15.5 Å². The van der Waals surface area contributed by atoms with Crippen molar-refractivity contribution in [2.45, 2.75) is 38.8 Å². The van der Waals surface area contributed by atoms with Crippen LogP contribution in [-0.2, 0) is 6.42 Å². The quantitative estimate of drug-likeness (QED) is 0.896. The number of nitrogens with one attached hydrogen (secondary N) is 1. The van der Waals surface area contributed by atoms with Crippen molar-refractivity contribution in [2.24, 2.45) is 0 Å². The third kappa shape index (κ3) is 3.12. The number of rotatable bonds is 4. The van der Waals surface area contributed by atoms with E-state index in [1.165, 1.54) is 5.56 Å². The molecule has 0 spiro atoms. The van der Waals surface area contributed by atoms with Gasteiger partial charge in [0.2, 0.25) is 5.89 Å². The van der Waals surface area contributed by atoms with Gasteiger partial charge in [0.25, 0.3) is 0 Å². The molecule has 3 rings (SSSR count). The molecule has 7 nitrogen and oxygen atoms in total. The third-order valence-electron chi connectivity index (χ3n) is 4.41. The summed E-state index contributed by atoms with van der Waals surface area (Å²) in [6, 6.07) is 7.05. The minimum atomic E-state index is -0.334. The maximum atomic E-state index is 12.7. The Morgan fingerprint density at radius 1 is 1.50 bits per heavy atom. The zero-order valence-corrected chi connectivity index (χ0v) is 13.9. The summed E-state index contributed by atoms with van der Waals surface area (Å²) in [5, 5.41) is 16.7. The molecule has 128 valence electrons. The number of fused-ring (bicyclic) bond motifs is 1. The summed E-state index contributed by atoms with van der Waals surface area (Å²) in [4.78, 5) is 18.6. The summed E-state index contributed by atoms with van der Waals surface area (Å²) < 4.78 is 5.00. The third-order valence-corrected chi connectivity index (χ3v) is 4.41. The van der Waals surface area contributed by atoms with E-state index in [1.807, 2.05) is 31.2 Å². The number of nitrogens with zero attached hydrogens (tertiary/aromatic N) is 3. The lowest BCUT2D eigenvalue weighted by atomic mass is 9.93. The van der Waals surface area contributed by atoms with Crippen LogP contribution in [0.25, 0.3) is 0 Å². The average Bonchev–Trinajstić information content (AvgIpc) is 3.04. The Morgan fingerprint density at radius 2 is 2.29 bits per heavy atom. The number of amides is 2. The van der Waals surface area contributed by atoms with Gasteiger partial charge in [-0.3, -0.25) is 0 Å². The van der Waals surface area contributed by atoms with Crippen LogP contribution >= 0.6 is 0 Å². The average molecular weight is 330 g/mol. The first kappa shape index (κ1) is 16.4. The Hall–Kier alpha value is -2.41. The van der Waals surface area contributed by atoms with Crippen molar-refractivity contribution in [3.63, 3.8) is 0 Å². The number of aromatic nitrogens is 2. The van der Waals surface area contributed by atoms with Gasteiger partial charge in [-0.05, 0) is 24.0 Å². The standard InChI is InChI=1S/C17H22N4O3/c1-3-14(16-18-11(2)24-20-16)19-17(23)21-9-8-12-6-4-5-7-13(12)15(21)10-22/h4-7,14-15,22H,3,8-10H2,1-2H3,(H,19,23)/t14-,15+/m0/s1. The number of aryl methyl sites for hydroxylation is 1.